The minimum Gasteiger partial charge on any atom is -0.446 e. The van der Waals surface area contributed by atoms with Gasteiger partial charge in [0.1, 0.15) is 0 Å². The van der Waals surface area contributed by atoms with Gasteiger partial charge < -0.3 is 14.7 Å². The van der Waals surface area contributed by atoms with Crippen molar-refractivity contribution in [3.8, 4) is 0 Å². The van der Waals surface area contributed by atoms with Crippen molar-refractivity contribution in [3.05, 3.63) is 0 Å². The van der Waals surface area contributed by atoms with E-state index in [2.05, 4.69) is 0 Å². The average molecular weight is 341 g/mol. The zero-order valence-corrected chi connectivity index (χ0v) is 13.1. The number of hydrogen-bond donors (Lipinski definition) is 1. The van der Waals surface area contributed by atoms with Gasteiger partial charge in [0, 0.05) is 38.5 Å². The third-order valence-electron chi connectivity index (χ3n) is 3.80. The molecule has 1 aliphatic carbocycles. The Labute approximate surface area is 137 Å². The average Bonchev–Trinajstić information content (AvgIpc) is 3.01. The van der Waals surface area contributed by atoms with E-state index in [1.807, 2.05) is 0 Å². The van der Waals surface area contributed by atoms with E-state index in [9.17, 15) is 29.1 Å². The second-order valence-electron chi connectivity index (χ2n) is 5.71. The molecule has 0 aromatic heterocycles. The molecule has 1 amide bonds. The molecule has 1 unspecified atom stereocenters. The van der Waals surface area contributed by atoms with Crippen LogP contribution in [0.5, 0.6) is 0 Å². The van der Waals surface area contributed by atoms with Crippen LogP contribution in [0.25, 0.3) is 0 Å². The molecule has 0 aromatic rings. The number of Topliss-reactive ketones (excluding diaryl/α,β-unsaturated/α-hetero) is 2. The van der Waals surface area contributed by atoms with E-state index in [1.54, 1.807) is 0 Å². The van der Waals surface area contributed by atoms with Gasteiger partial charge in [-0.3, -0.25) is 19.2 Å². The van der Waals surface area contributed by atoms with Crippen LogP contribution in [0.1, 0.15) is 51.4 Å². The molecule has 9 nitrogen and oxygen atoms in total. The fourth-order valence-corrected chi connectivity index (χ4v) is 2.46. The monoisotopic (exact) mass is 341 g/mol. The lowest BCUT2D eigenvalue weighted by Crippen LogP contribution is -2.35. The van der Waals surface area contributed by atoms with E-state index < -0.39 is 30.2 Å². The SMILES string of the molecule is O=C(CCCCC(=O)ON1C(=O)CCC1O)OC1C(=O)CCC1=O. The first kappa shape index (κ1) is 18.1. The molecule has 2 fully saturated rings. The van der Waals surface area contributed by atoms with Crippen LogP contribution in [0, 0.1) is 0 Å². The molecule has 24 heavy (non-hydrogen) atoms. The quantitative estimate of drug-likeness (QED) is 0.383. The molecule has 2 rings (SSSR count). The van der Waals surface area contributed by atoms with Gasteiger partial charge >= 0.3 is 11.9 Å². The van der Waals surface area contributed by atoms with Gasteiger partial charge in [-0.15, -0.1) is 5.06 Å². The normalized spacial score (nSPS) is 21.5. The van der Waals surface area contributed by atoms with Crippen molar-refractivity contribution in [2.24, 2.45) is 0 Å². The maximum atomic E-state index is 11.6. The predicted molar refractivity (Wildman–Crippen MR) is 75.8 cm³/mol. The standard InChI is InChI=1S/C15H19NO8/c17-9-5-6-10(18)15(9)23-13(21)3-1-2-4-14(22)24-16-11(19)7-8-12(16)20/h11,15,19H,1-8H2. The minimum atomic E-state index is -1.27. The summed E-state index contributed by atoms with van der Waals surface area (Å²) >= 11 is 0. The highest BCUT2D eigenvalue weighted by molar-refractivity contribution is 6.12. The number of ether oxygens (including phenoxy) is 1. The van der Waals surface area contributed by atoms with Crippen molar-refractivity contribution in [2.45, 2.75) is 63.7 Å². The van der Waals surface area contributed by atoms with Crippen LogP contribution in [0.4, 0.5) is 0 Å². The first-order valence-electron chi connectivity index (χ1n) is 7.84. The fraction of sp³-hybridized carbons (Fsp3) is 0.667. The Morgan fingerprint density at radius 1 is 1.00 bits per heavy atom. The molecule has 1 saturated carbocycles. The van der Waals surface area contributed by atoms with Crippen LogP contribution in [0.15, 0.2) is 0 Å². The molecule has 2 aliphatic rings. The summed E-state index contributed by atoms with van der Waals surface area (Å²) in [6.07, 6.45) is -1.30. The zero-order valence-electron chi connectivity index (χ0n) is 13.1. The molecule has 1 saturated heterocycles. The van der Waals surface area contributed by atoms with Crippen LogP contribution in [-0.4, -0.2) is 51.9 Å². The number of nitrogens with zero attached hydrogens (tertiary/aromatic N) is 1. The molecule has 1 heterocycles. The summed E-state index contributed by atoms with van der Waals surface area (Å²) in [4.78, 5) is 61.9. The topological polar surface area (TPSA) is 127 Å². The highest BCUT2D eigenvalue weighted by Gasteiger charge is 2.36. The van der Waals surface area contributed by atoms with Crippen molar-refractivity contribution in [2.75, 3.05) is 0 Å². The smallest absolute Gasteiger partial charge is 0.332 e. The van der Waals surface area contributed by atoms with Crippen LogP contribution in [0.2, 0.25) is 0 Å². The number of rotatable bonds is 7. The highest BCUT2D eigenvalue weighted by Crippen LogP contribution is 2.18. The third-order valence-corrected chi connectivity index (χ3v) is 3.80. The molecule has 0 aromatic carbocycles. The number of aliphatic hydroxyl groups excluding tert-OH is 1. The number of unbranched alkanes of at least 4 members (excludes halogenated alkanes) is 1. The van der Waals surface area contributed by atoms with Gasteiger partial charge in [0.15, 0.2) is 17.8 Å². The van der Waals surface area contributed by atoms with Crippen LogP contribution in [-0.2, 0) is 33.5 Å². The number of aliphatic hydroxyl groups is 1. The Hall–Kier alpha value is -2.29. The number of amides is 1. The third kappa shape index (κ3) is 4.60. The zero-order chi connectivity index (χ0) is 17.7. The first-order valence-corrected chi connectivity index (χ1v) is 7.84. The number of hydrogen-bond acceptors (Lipinski definition) is 8. The van der Waals surface area contributed by atoms with Crippen molar-refractivity contribution < 1.29 is 38.7 Å². The Bertz CT molecular complexity index is 542. The van der Waals surface area contributed by atoms with Crippen LogP contribution < -0.4 is 0 Å². The van der Waals surface area contributed by atoms with Gasteiger partial charge in [0.05, 0.1) is 0 Å². The molecule has 1 atom stereocenters. The molecular weight excluding hydrogens is 322 g/mol. The second-order valence-corrected chi connectivity index (χ2v) is 5.71. The predicted octanol–water partition coefficient (Wildman–Crippen LogP) is -0.210. The summed E-state index contributed by atoms with van der Waals surface area (Å²) in [5.41, 5.74) is 0. The molecule has 0 bridgehead atoms. The molecule has 0 spiro atoms. The fourth-order valence-electron chi connectivity index (χ4n) is 2.46. The summed E-state index contributed by atoms with van der Waals surface area (Å²) < 4.78 is 4.84. The van der Waals surface area contributed by atoms with Gasteiger partial charge in [0.25, 0.3) is 5.91 Å². The van der Waals surface area contributed by atoms with Crippen LogP contribution in [0.3, 0.4) is 0 Å². The molecule has 1 aliphatic heterocycles. The van der Waals surface area contributed by atoms with Gasteiger partial charge in [0.2, 0.25) is 6.10 Å². The Morgan fingerprint density at radius 3 is 2.12 bits per heavy atom. The molecular formula is C15H19NO8. The van der Waals surface area contributed by atoms with Crippen molar-refractivity contribution >= 4 is 29.4 Å². The lowest BCUT2D eigenvalue weighted by molar-refractivity contribution is -0.220. The summed E-state index contributed by atoms with van der Waals surface area (Å²) in [6, 6.07) is 0. The van der Waals surface area contributed by atoms with Gasteiger partial charge in [-0.05, 0) is 12.8 Å². The van der Waals surface area contributed by atoms with E-state index in [0.29, 0.717) is 17.9 Å². The minimum absolute atomic E-state index is 0.0321. The number of ketones is 2. The molecule has 1 N–H and O–H groups in total. The second kappa shape index (κ2) is 8.00. The Kier molecular flexibility index (Phi) is 6.02. The summed E-state index contributed by atoms with van der Waals surface area (Å²) in [5, 5.41) is 10.1. The maximum absolute atomic E-state index is 11.6. The lowest BCUT2D eigenvalue weighted by Gasteiger charge is -2.18. The van der Waals surface area contributed by atoms with E-state index in [4.69, 9.17) is 9.57 Å². The Morgan fingerprint density at radius 2 is 1.58 bits per heavy atom. The van der Waals surface area contributed by atoms with Crippen LogP contribution >= 0.6 is 0 Å². The largest absolute Gasteiger partial charge is 0.446 e. The van der Waals surface area contributed by atoms with E-state index in [1.165, 1.54) is 0 Å². The summed E-state index contributed by atoms with van der Waals surface area (Å²) in [6.45, 7) is 0. The molecule has 9 heteroatoms. The van der Waals surface area contributed by atoms with Gasteiger partial charge in [-0.2, -0.15) is 0 Å². The summed E-state index contributed by atoms with van der Waals surface area (Å²) in [5.74, 6) is -2.57. The van der Waals surface area contributed by atoms with Crippen molar-refractivity contribution in [3.63, 3.8) is 0 Å². The van der Waals surface area contributed by atoms with E-state index in [0.717, 1.165) is 0 Å². The Balaban J connectivity index is 1.61. The van der Waals surface area contributed by atoms with Crippen molar-refractivity contribution in [1.29, 1.82) is 0 Å². The molecule has 132 valence electrons. The van der Waals surface area contributed by atoms with Crippen molar-refractivity contribution in [1.82, 2.24) is 5.06 Å². The number of hydroxylamine groups is 2. The molecule has 0 radical (unpaired) electrons. The summed E-state index contributed by atoms with van der Waals surface area (Å²) in [7, 11) is 0. The van der Waals surface area contributed by atoms with Gasteiger partial charge in [-0.1, -0.05) is 0 Å². The lowest BCUT2D eigenvalue weighted by atomic mass is 10.2. The number of carbonyl (C=O) groups excluding carboxylic acids is 5. The maximum Gasteiger partial charge on any atom is 0.332 e. The highest BCUT2D eigenvalue weighted by atomic mass is 16.7. The van der Waals surface area contributed by atoms with E-state index in [-0.39, 0.29) is 50.1 Å². The number of esters is 1. The van der Waals surface area contributed by atoms with E-state index >= 15 is 0 Å². The first-order chi connectivity index (χ1) is 11.4. The number of carbonyl (C=O) groups is 5. The van der Waals surface area contributed by atoms with Gasteiger partial charge in [-0.25, -0.2) is 4.79 Å².